The Hall–Kier alpha value is -2.74. The molecule has 2 aliphatic heterocycles. The molecule has 2 fully saturated rings. The highest BCUT2D eigenvalue weighted by Crippen LogP contribution is 2.47. The molecule has 3 aliphatic rings. The lowest BCUT2D eigenvalue weighted by molar-refractivity contribution is -0.342. The molecule has 1 aromatic rings. The third-order valence-electron chi connectivity index (χ3n) is 7.05. The highest BCUT2D eigenvalue weighted by molar-refractivity contribution is 5.90. The fraction of sp³-hybridized carbons (Fsp3) is 0.583. The molecule has 4 rings (SSSR count). The van der Waals surface area contributed by atoms with Crippen molar-refractivity contribution < 1.29 is 58.8 Å². The maximum atomic E-state index is 12.5. The highest BCUT2D eigenvalue weighted by atomic mass is 16.8. The van der Waals surface area contributed by atoms with E-state index in [-0.39, 0.29) is 29.2 Å². The summed E-state index contributed by atoms with van der Waals surface area (Å²) in [6, 6.07) is 5.35. The summed E-state index contributed by atoms with van der Waals surface area (Å²) >= 11 is 0. The summed E-state index contributed by atoms with van der Waals surface area (Å²) in [6.07, 6.45) is -7.94. The number of esters is 2. The number of benzene rings is 1. The molecule has 0 bridgehead atoms. The number of rotatable bonds is 6. The Bertz CT molecular complexity index is 993. The van der Waals surface area contributed by atoms with Crippen molar-refractivity contribution in [2.75, 3.05) is 13.7 Å². The zero-order valence-electron chi connectivity index (χ0n) is 19.7. The van der Waals surface area contributed by atoms with Crippen molar-refractivity contribution in [3.63, 3.8) is 0 Å². The van der Waals surface area contributed by atoms with E-state index in [0.717, 1.165) is 0 Å². The molecule has 2 heterocycles. The minimum Gasteiger partial charge on any atom is -0.508 e. The zero-order valence-corrected chi connectivity index (χ0v) is 19.7. The van der Waals surface area contributed by atoms with Gasteiger partial charge in [-0.1, -0.05) is 13.0 Å². The van der Waals surface area contributed by atoms with E-state index in [1.807, 2.05) is 0 Å². The minimum absolute atomic E-state index is 0.00428. The van der Waals surface area contributed by atoms with E-state index >= 15 is 0 Å². The van der Waals surface area contributed by atoms with Gasteiger partial charge in [0, 0.05) is 11.8 Å². The molecule has 1 aromatic carbocycles. The predicted octanol–water partition coefficient (Wildman–Crippen LogP) is -0.581. The van der Waals surface area contributed by atoms with E-state index < -0.39 is 73.5 Å². The predicted molar refractivity (Wildman–Crippen MR) is 118 cm³/mol. The Morgan fingerprint density at radius 2 is 1.86 bits per heavy atom. The van der Waals surface area contributed by atoms with Gasteiger partial charge in [0.25, 0.3) is 0 Å². The standard InChI is InChI=1S/C24H30O12/c1-10-15(27)7-13-14(22(31)32-2)9-33-23(17(10)13)36-24-19(29)18(28)20(16(8-25)34-24)35-21(30)11-4-3-5-12(26)6-11/h3-6,9-10,13,15-20,23-29H,7-8H2,1-2H3/t10-,13+,15-,16+,17+,18+,19+,20+,23-,24-/m0/s1. The molecule has 10 atom stereocenters. The van der Waals surface area contributed by atoms with Crippen LogP contribution in [0.2, 0.25) is 0 Å². The van der Waals surface area contributed by atoms with Crippen LogP contribution >= 0.6 is 0 Å². The third kappa shape index (κ3) is 4.92. The Kier molecular flexibility index (Phi) is 7.83. The molecule has 1 saturated heterocycles. The van der Waals surface area contributed by atoms with Crippen LogP contribution in [0, 0.1) is 17.8 Å². The number of ether oxygens (including phenoxy) is 5. The molecule has 12 nitrogen and oxygen atoms in total. The second kappa shape index (κ2) is 10.7. The van der Waals surface area contributed by atoms with Crippen molar-refractivity contribution in [2.45, 2.75) is 56.4 Å². The summed E-state index contributed by atoms with van der Waals surface area (Å²) in [7, 11) is 1.24. The second-order valence-electron chi connectivity index (χ2n) is 9.18. The van der Waals surface area contributed by atoms with Gasteiger partial charge >= 0.3 is 11.9 Å². The van der Waals surface area contributed by atoms with Crippen LogP contribution in [0.3, 0.4) is 0 Å². The van der Waals surface area contributed by atoms with Gasteiger partial charge in [0.15, 0.2) is 12.4 Å². The van der Waals surface area contributed by atoms with Crippen molar-refractivity contribution in [1.82, 2.24) is 0 Å². The van der Waals surface area contributed by atoms with Crippen LogP contribution in [0.25, 0.3) is 0 Å². The van der Waals surface area contributed by atoms with Crippen LogP contribution in [0.5, 0.6) is 5.75 Å². The topological polar surface area (TPSA) is 181 Å². The van der Waals surface area contributed by atoms with Gasteiger partial charge in [-0.3, -0.25) is 0 Å². The number of hydrogen-bond acceptors (Lipinski definition) is 12. The first-order valence-corrected chi connectivity index (χ1v) is 11.6. The monoisotopic (exact) mass is 510 g/mol. The summed E-state index contributed by atoms with van der Waals surface area (Å²) in [5.74, 6) is -2.94. The van der Waals surface area contributed by atoms with Crippen molar-refractivity contribution in [3.05, 3.63) is 41.7 Å². The number of carbonyl (C=O) groups excluding carboxylic acids is 2. The molecule has 0 unspecified atom stereocenters. The van der Waals surface area contributed by atoms with Crippen LogP contribution in [-0.2, 0) is 28.5 Å². The summed E-state index contributed by atoms with van der Waals surface area (Å²) < 4.78 is 27.2. The van der Waals surface area contributed by atoms with Gasteiger partial charge in [-0.15, -0.1) is 0 Å². The molecule has 0 aromatic heterocycles. The van der Waals surface area contributed by atoms with Gasteiger partial charge in [0.05, 0.1) is 37.2 Å². The van der Waals surface area contributed by atoms with E-state index in [9.17, 15) is 35.1 Å². The van der Waals surface area contributed by atoms with Crippen molar-refractivity contribution in [2.24, 2.45) is 17.8 Å². The number of aromatic hydroxyl groups is 1. The average Bonchev–Trinajstić information content (AvgIpc) is 3.17. The molecule has 36 heavy (non-hydrogen) atoms. The number of aliphatic hydroxyl groups is 4. The Morgan fingerprint density at radius 3 is 2.53 bits per heavy atom. The molecule has 198 valence electrons. The Morgan fingerprint density at radius 1 is 1.11 bits per heavy atom. The van der Waals surface area contributed by atoms with Crippen molar-refractivity contribution >= 4 is 11.9 Å². The maximum absolute atomic E-state index is 12.5. The van der Waals surface area contributed by atoms with E-state index in [2.05, 4.69) is 0 Å². The molecule has 0 amide bonds. The van der Waals surface area contributed by atoms with Gasteiger partial charge < -0.3 is 49.2 Å². The lowest BCUT2D eigenvalue weighted by Gasteiger charge is -2.44. The fourth-order valence-electron chi connectivity index (χ4n) is 5.05. The zero-order chi connectivity index (χ0) is 26.1. The van der Waals surface area contributed by atoms with E-state index in [0.29, 0.717) is 0 Å². The molecule has 5 N–H and O–H groups in total. The van der Waals surface area contributed by atoms with Gasteiger partial charge in [-0.25, -0.2) is 9.59 Å². The summed E-state index contributed by atoms with van der Waals surface area (Å²) in [5.41, 5.74) is 0.249. The van der Waals surface area contributed by atoms with Crippen LogP contribution in [0.1, 0.15) is 23.7 Å². The number of aliphatic hydroxyl groups excluding tert-OH is 4. The largest absolute Gasteiger partial charge is 0.508 e. The molecule has 0 radical (unpaired) electrons. The number of fused-ring (bicyclic) bond motifs is 1. The minimum atomic E-state index is -1.70. The van der Waals surface area contributed by atoms with E-state index in [1.54, 1.807) is 6.92 Å². The quantitative estimate of drug-likeness (QED) is 0.308. The van der Waals surface area contributed by atoms with E-state index in [4.69, 9.17) is 23.7 Å². The fourth-order valence-corrected chi connectivity index (χ4v) is 5.05. The van der Waals surface area contributed by atoms with Crippen LogP contribution in [0.15, 0.2) is 36.1 Å². The molecule has 1 aliphatic carbocycles. The normalized spacial score (nSPS) is 37.9. The van der Waals surface area contributed by atoms with Gasteiger partial charge in [-0.05, 0) is 30.5 Å². The highest BCUT2D eigenvalue weighted by Gasteiger charge is 2.54. The van der Waals surface area contributed by atoms with E-state index in [1.165, 1.54) is 37.6 Å². The van der Waals surface area contributed by atoms with Crippen LogP contribution < -0.4 is 0 Å². The summed E-state index contributed by atoms with van der Waals surface area (Å²) in [6.45, 7) is 1.09. The molecular formula is C24H30O12. The third-order valence-corrected chi connectivity index (χ3v) is 7.05. The van der Waals surface area contributed by atoms with Gasteiger partial charge in [0.2, 0.25) is 6.29 Å². The van der Waals surface area contributed by atoms with Crippen molar-refractivity contribution in [3.8, 4) is 5.75 Å². The average molecular weight is 510 g/mol. The lowest BCUT2D eigenvalue weighted by Crippen LogP contribution is -2.61. The Balaban J connectivity index is 1.49. The first-order valence-electron chi connectivity index (χ1n) is 11.6. The Labute approximate surface area is 206 Å². The number of carbonyl (C=O) groups is 2. The smallest absolute Gasteiger partial charge is 0.338 e. The summed E-state index contributed by atoms with van der Waals surface area (Å²) in [4.78, 5) is 24.7. The number of phenolic OH excluding ortho intramolecular Hbond substituents is 1. The molecule has 12 heteroatoms. The van der Waals surface area contributed by atoms with Gasteiger partial charge in [-0.2, -0.15) is 0 Å². The van der Waals surface area contributed by atoms with Crippen LogP contribution in [-0.4, -0.2) is 94.3 Å². The maximum Gasteiger partial charge on any atom is 0.338 e. The molecular weight excluding hydrogens is 480 g/mol. The number of methoxy groups -OCH3 is 1. The number of phenols is 1. The second-order valence-corrected chi connectivity index (χ2v) is 9.18. The summed E-state index contributed by atoms with van der Waals surface area (Å²) in [5, 5.41) is 51.3. The number of hydrogen-bond donors (Lipinski definition) is 5. The first-order chi connectivity index (χ1) is 17.2. The SMILES string of the molecule is COC(=O)C1=CO[C@@H](O[C@@H]2O[C@H](CO)[C@@H](OC(=O)c3cccc(O)c3)[C@H](O)[C@H]2O)[C@@H]2[C@@H](C)[C@@H](O)C[C@H]12. The first kappa shape index (κ1) is 26.3. The lowest BCUT2D eigenvalue weighted by atomic mass is 9.83. The van der Waals surface area contributed by atoms with Crippen molar-refractivity contribution in [1.29, 1.82) is 0 Å². The molecule has 1 saturated carbocycles. The van der Waals surface area contributed by atoms with Crippen LogP contribution in [0.4, 0.5) is 0 Å². The van der Waals surface area contributed by atoms with Gasteiger partial charge in [0.1, 0.15) is 24.1 Å². The molecule has 0 spiro atoms.